The molecule has 3 aromatic rings. The Morgan fingerprint density at radius 2 is 1.88 bits per heavy atom. The first-order valence-corrected chi connectivity index (χ1v) is 11.5. The van der Waals surface area contributed by atoms with Gasteiger partial charge in [-0.15, -0.1) is 0 Å². The molecule has 0 fully saturated rings. The number of aryl methyl sites for hydroxylation is 1. The largest absolute Gasteiger partial charge is 0.497 e. The van der Waals surface area contributed by atoms with Crippen LogP contribution in [0.3, 0.4) is 0 Å². The first kappa shape index (κ1) is 25.0. The minimum atomic E-state index is -0.0907. The van der Waals surface area contributed by atoms with Crippen molar-refractivity contribution in [3.05, 3.63) is 72.3 Å². The van der Waals surface area contributed by atoms with E-state index in [0.717, 1.165) is 41.3 Å². The zero-order valence-corrected chi connectivity index (χ0v) is 20.2. The smallest absolute Gasteiger partial charge is 0.317 e. The van der Waals surface area contributed by atoms with Crippen LogP contribution in [-0.4, -0.2) is 54.4 Å². The second-order valence-corrected chi connectivity index (χ2v) is 7.81. The van der Waals surface area contributed by atoms with E-state index < -0.39 is 0 Å². The Morgan fingerprint density at radius 3 is 2.56 bits per heavy atom. The highest BCUT2D eigenvalue weighted by Gasteiger charge is 2.14. The molecule has 2 amide bonds. The van der Waals surface area contributed by atoms with Crippen molar-refractivity contribution in [2.45, 2.75) is 32.9 Å². The van der Waals surface area contributed by atoms with Gasteiger partial charge in [0.25, 0.3) is 0 Å². The Morgan fingerprint density at radius 1 is 1.09 bits per heavy atom. The predicted octanol–water partition coefficient (Wildman–Crippen LogP) is 4.14. The van der Waals surface area contributed by atoms with Gasteiger partial charge in [0.15, 0.2) is 0 Å². The Labute approximate surface area is 201 Å². The molecule has 3 rings (SSSR count). The number of methoxy groups -OCH3 is 2. The molecule has 1 aromatic heterocycles. The summed E-state index contributed by atoms with van der Waals surface area (Å²) in [6.45, 7) is 5.04. The zero-order valence-electron chi connectivity index (χ0n) is 20.2. The number of carbonyl (C=O) groups is 1. The maximum absolute atomic E-state index is 13.1. The van der Waals surface area contributed by atoms with Crippen molar-refractivity contribution in [3.8, 4) is 17.2 Å². The monoisotopic (exact) mass is 466 g/mol. The van der Waals surface area contributed by atoms with Gasteiger partial charge in [-0.3, -0.25) is 0 Å². The topological polar surface area (TPSA) is 77.9 Å². The summed E-state index contributed by atoms with van der Waals surface area (Å²) in [7, 11) is 3.26. The molecule has 0 aliphatic rings. The molecule has 0 unspecified atom stereocenters. The van der Waals surface area contributed by atoms with Crippen LogP contribution < -0.4 is 19.5 Å². The van der Waals surface area contributed by atoms with Crippen molar-refractivity contribution >= 4 is 6.03 Å². The highest BCUT2D eigenvalue weighted by atomic mass is 16.5. The van der Waals surface area contributed by atoms with Crippen LogP contribution in [0.2, 0.25) is 0 Å². The van der Waals surface area contributed by atoms with Crippen molar-refractivity contribution in [2.24, 2.45) is 0 Å². The third-order valence-electron chi connectivity index (χ3n) is 5.46. The van der Waals surface area contributed by atoms with Crippen molar-refractivity contribution in [2.75, 3.05) is 33.9 Å². The Kier molecular flexibility index (Phi) is 9.64. The number of hydrogen-bond donors (Lipinski definition) is 1. The van der Waals surface area contributed by atoms with Gasteiger partial charge in [-0.2, -0.15) is 0 Å². The second kappa shape index (κ2) is 13.1. The van der Waals surface area contributed by atoms with E-state index in [1.54, 1.807) is 26.7 Å². The van der Waals surface area contributed by atoms with Crippen LogP contribution in [0.25, 0.3) is 0 Å². The first-order valence-electron chi connectivity index (χ1n) is 11.5. The third-order valence-corrected chi connectivity index (χ3v) is 5.46. The third kappa shape index (κ3) is 7.43. The maximum atomic E-state index is 13.1. The Bertz CT molecular complexity index is 1010. The number of rotatable bonds is 13. The van der Waals surface area contributed by atoms with E-state index in [4.69, 9.17) is 14.2 Å². The lowest BCUT2D eigenvalue weighted by Gasteiger charge is -2.24. The van der Waals surface area contributed by atoms with Crippen molar-refractivity contribution < 1.29 is 19.0 Å². The molecular formula is C26H34N4O4. The van der Waals surface area contributed by atoms with Crippen molar-refractivity contribution in [3.63, 3.8) is 0 Å². The SMILES string of the molecule is CCOc1ccc(CN(CCCn2ccnc2)C(=O)NCCc2ccc(OC)cc2OC)cc1. The van der Waals surface area contributed by atoms with Crippen LogP contribution in [0.15, 0.2) is 61.2 Å². The number of carbonyl (C=O) groups excluding carboxylic acids is 1. The Balaban J connectivity index is 1.59. The Hall–Kier alpha value is -3.68. The van der Waals surface area contributed by atoms with Gasteiger partial charge in [-0.05, 0) is 49.1 Å². The lowest BCUT2D eigenvalue weighted by Crippen LogP contribution is -2.41. The molecule has 0 saturated carbocycles. The summed E-state index contributed by atoms with van der Waals surface area (Å²) in [4.78, 5) is 19.0. The van der Waals surface area contributed by atoms with E-state index in [-0.39, 0.29) is 6.03 Å². The fourth-order valence-corrected chi connectivity index (χ4v) is 3.67. The molecule has 34 heavy (non-hydrogen) atoms. The zero-order chi connectivity index (χ0) is 24.2. The number of urea groups is 1. The molecule has 1 N–H and O–H groups in total. The fraction of sp³-hybridized carbons (Fsp3) is 0.385. The summed E-state index contributed by atoms with van der Waals surface area (Å²) in [6.07, 6.45) is 6.97. The predicted molar refractivity (Wildman–Crippen MR) is 132 cm³/mol. The number of amides is 2. The second-order valence-electron chi connectivity index (χ2n) is 7.81. The van der Waals surface area contributed by atoms with Gasteiger partial charge in [0.1, 0.15) is 17.2 Å². The van der Waals surface area contributed by atoms with Gasteiger partial charge in [-0.25, -0.2) is 9.78 Å². The summed E-state index contributed by atoms with van der Waals surface area (Å²) in [6, 6.07) is 13.5. The van der Waals surface area contributed by atoms with Crippen LogP contribution in [0.5, 0.6) is 17.2 Å². The maximum Gasteiger partial charge on any atom is 0.317 e. The molecule has 0 aliphatic carbocycles. The highest BCUT2D eigenvalue weighted by Crippen LogP contribution is 2.24. The first-order chi connectivity index (χ1) is 16.6. The quantitative estimate of drug-likeness (QED) is 0.410. The molecule has 0 spiro atoms. The molecule has 0 saturated heterocycles. The minimum absolute atomic E-state index is 0.0907. The molecular weight excluding hydrogens is 432 g/mol. The molecule has 0 atom stereocenters. The van der Waals surface area contributed by atoms with E-state index in [2.05, 4.69) is 10.3 Å². The number of benzene rings is 2. The summed E-state index contributed by atoms with van der Waals surface area (Å²) >= 11 is 0. The summed E-state index contributed by atoms with van der Waals surface area (Å²) in [5.74, 6) is 2.32. The van der Waals surface area contributed by atoms with Crippen LogP contribution >= 0.6 is 0 Å². The summed E-state index contributed by atoms with van der Waals surface area (Å²) in [5.41, 5.74) is 2.07. The van der Waals surface area contributed by atoms with E-state index in [0.29, 0.717) is 32.7 Å². The number of imidazole rings is 1. The highest BCUT2D eigenvalue weighted by molar-refractivity contribution is 5.74. The van der Waals surface area contributed by atoms with Crippen LogP contribution in [0, 0.1) is 0 Å². The standard InChI is InChI=1S/C26H34N4O4/c1-4-34-23-9-6-21(7-10-23)19-30(16-5-15-29-17-14-27-20-29)26(31)28-13-12-22-8-11-24(32-2)18-25(22)33-3/h6-11,14,17-18,20H,4-5,12-13,15-16,19H2,1-3H3,(H,28,31). The van der Waals surface area contributed by atoms with Gasteiger partial charge in [-0.1, -0.05) is 18.2 Å². The molecule has 0 aliphatic heterocycles. The number of nitrogens with one attached hydrogen (secondary N) is 1. The van der Waals surface area contributed by atoms with Crippen LogP contribution in [0.1, 0.15) is 24.5 Å². The van der Waals surface area contributed by atoms with E-state index in [9.17, 15) is 4.79 Å². The molecule has 0 radical (unpaired) electrons. The average molecular weight is 467 g/mol. The lowest BCUT2D eigenvalue weighted by molar-refractivity contribution is 0.193. The summed E-state index contributed by atoms with van der Waals surface area (Å²) < 4.78 is 18.3. The van der Waals surface area contributed by atoms with Gasteiger partial charge in [0, 0.05) is 44.6 Å². The van der Waals surface area contributed by atoms with E-state index >= 15 is 0 Å². The normalized spacial score (nSPS) is 10.6. The summed E-state index contributed by atoms with van der Waals surface area (Å²) in [5, 5.41) is 3.06. The number of ether oxygens (including phenoxy) is 3. The van der Waals surface area contributed by atoms with Gasteiger partial charge in [0.2, 0.25) is 0 Å². The molecule has 8 nitrogen and oxygen atoms in total. The minimum Gasteiger partial charge on any atom is -0.497 e. The fourth-order valence-electron chi connectivity index (χ4n) is 3.67. The molecule has 1 heterocycles. The lowest BCUT2D eigenvalue weighted by atomic mass is 10.1. The molecule has 8 heteroatoms. The molecule has 2 aromatic carbocycles. The number of hydrogen-bond acceptors (Lipinski definition) is 5. The van der Waals surface area contributed by atoms with E-state index in [1.807, 2.05) is 65.1 Å². The molecule has 0 bridgehead atoms. The number of aromatic nitrogens is 2. The van der Waals surface area contributed by atoms with Crippen LogP contribution in [0.4, 0.5) is 4.79 Å². The van der Waals surface area contributed by atoms with Crippen molar-refractivity contribution in [1.82, 2.24) is 19.8 Å². The molecule has 182 valence electrons. The van der Waals surface area contributed by atoms with Crippen LogP contribution in [-0.2, 0) is 19.5 Å². The van der Waals surface area contributed by atoms with Gasteiger partial charge >= 0.3 is 6.03 Å². The van der Waals surface area contributed by atoms with Gasteiger partial charge in [0.05, 0.1) is 27.2 Å². The van der Waals surface area contributed by atoms with Crippen molar-refractivity contribution in [1.29, 1.82) is 0 Å². The number of nitrogens with zero attached hydrogens (tertiary/aromatic N) is 3. The van der Waals surface area contributed by atoms with Gasteiger partial charge < -0.3 is 29.0 Å². The average Bonchev–Trinajstić information content (AvgIpc) is 3.38. The van der Waals surface area contributed by atoms with E-state index in [1.165, 1.54) is 0 Å².